The number of fused-ring (bicyclic) bond motifs is 2. The number of amides is 1. The van der Waals surface area contributed by atoms with E-state index in [2.05, 4.69) is 17.2 Å². The number of carbonyl (C=O) groups is 1. The molecule has 5 heteroatoms. The summed E-state index contributed by atoms with van der Waals surface area (Å²) in [6.45, 7) is 3.08. The van der Waals surface area contributed by atoms with E-state index in [0.29, 0.717) is 13.1 Å². The van der Waals surface area contributed by atoms with Gasteiger partial charge in [-0.1, -0.05) is 24.3 Å². The Kier molecular flexibility index (Phi) is 3.71. The molecule has 0 unspecified atom stereocenters. The maximum atomic E-state index is 12.9. The zero-order valence-electron chi connectivity index (χ0n) is 13.9. The molecule has 124 valence electrons. The number of carbonyl (C=O) groups excluding carboxylic acids is 1. The van der Waals surface area contributed by atoms with Crippen LogP contribution in [0.5, 0.6) is 0 Å². The van der Waals surface area contributed by atoms with Crippen LogP contribution >= 0.6 is 0 Å². The van der Waals surface area contributed by atoms with E-state index in [4.69, 9.17) is 0 Å². The summed E-state index contributed by atoms with van der Waals surface area (Å²) in [6, 6.07) is 9.32. The van der Waals surface area contributed by atoms with Crippen LogP contribution in [0.4, 0.5) is 0 Å². The second kappa shape index (κ2) is 5.89. The highest BCUT2D eigenvalue weighted by Gasteiger charge is 2.27. The molecule has 1 aliphatic carbocycles. The normalized spacial score (nSPS) is 17.3. The standard InChI is InChI=1S/C19H21N3O2/c1-13(22-18(23)11-15-7-4-8-17(15)20-22)19(24)21-10-9-14-5-2-3-6-16(14)12-21/h2-3,5-6,11,13H,4,7-10,12H2,1H3/t13-/m0/s1. The minimum absolute atomic E-state index is 0.0305. The van der Waals surface area contributed by atoms with E-state index in [0.717, 1.165) is 36.9 Å². The summed E-state index contributed by atoms with van der Waals surface area (Å²) in [5.74, 6) is -0.0305. The van der Waals surface area contributed by atoms with E-state index < -0.39 is 6.04 Å². The molecule has 2 heterocycles. The van der Waals surface area contributed by atoms with Crippen molar-refractivity contribution in [1.82, 2.24) is 14.7 Å². The number of aryl methyl sites for hydroxylation is 2. The predicted molar refractivity (Wildman–Crippen MR) is 90.8 cm³/mol. The first-order valence-corrected chi connectivity index (χ1v) is 8.60. The van der Waals surface area contributed by atoms with Gasteiger partial charge in [-0.25, -0.2) is 4.68 Å². The van der Waals surface area contributed by atoms with Crippen LogP contribution in [0.25, 0.3) is 0 Å². The van der Waals surface area contributed by atoms with Crippen molar-refractivity contribution in [3.63, 3.8) is 0 Å². The summed E-state index contributed by atoms with van der Waals surface area (Å²) in [6.07, 6.45) is 3.72. The Hall–Kier alpha value is -2.43. The van der Waals surface area contributed by atoms with Gasteiger partial charge >= 0.3 is 0 Å². The maximum absolute atomic E-state index is 12.9. The SMILES string of the molecule is C[C@@H](C(=O)N1CCc2ccccc2C1)n1nc2c(cc1=O)CCC2. The Bertz CT molecular complexity index is 856. The second-order valence-electron chi connectivity index (χ2n) is 6.71. The molecule has 1 amide bonds. The third-order valence-corrected chi connectivity index (χ3v) is 5.15. The van der Waals surface area contributed by atoms with Gasteiger partial charge in [0.2, 0.25) is 5.91 Å². The molecule has 1 aromatic carbocycles. The van der Waals surface area contributed by atoms with Crippen molar-refractivity contribution >= 4 is 5.91 Å². The lowest BCUT2D eigenvalue weighted by Crippen LogP contribution is -2.42. The van der Waals surface area contributed by atoms with Crippen LogP contribution in [0.15, 0.2) is 35.1 Å². The molecule has 0 saturated carbocycles. The zero-order chi connectivity index (χ0) is 16.7. The topological polar surface area (TPSA) is 55.2 Å². The van der Waals surface area contributed by atoms with Crippen molar-refractivity contribution in [3.8, 4) is 0 Å². The summed E-state index contributed by atoms with van der Waals surface area (Å²) in [4.78, 5) is 27.1. The van der Waals surface area contributed by atoms with Gasteiger partial charge in [-0.3, -0.25) is 9.59 Å². The lowest BCUT2D eigenvalue weighted by Gasteiger charge is -2.31. The van der Waals surface area contributed by atoms with Crippen molar-refractivity contribution in [2.75, 3.05) is 6.54 Å². The second-order valence-corrected chi connectivity index (χ2v) is 6.71. The molecular weight excluding hydrogens is 302 g/mol. The van der Waals surface area contributed by atoms with E-state index >= 15 is 0 Å². The van der Waals surface area contributed by atoms with Crippen molar-refractivity contribution in [2.24, 2.45) is 0 Å². The highest BCUT2D eigenvalue weighted by Crippen LogP contribution is 2.22. The van der Waals surface area contributed by atoms with Crippen LogP contribution in [0.1, 0.15) is 41.8 Å². The van der Waals surface area contributed by atoms with Crippen LogP contribution in [0.3, 0.4) is 0 Å². The minimum Gasteiger partial charge on any atom is -0.336 e. The van der Waals surface area contributed by atoms with Gasteiger partial charge in [0.15, 0.2) is 0 Å². The summed E-state index contributed by atoms with van der Waals surface area (Å²) in [7, 11) is 0. The van der Waals surface area contributed by atoms with Gasteiger partial charge in [0.05, 0.1) is 5.69 Å². The fraction of sp³-hybridized carbons (Fsp3) is 0.421. The van der Waals surface area contributed by atoms with Crippen LogP contribution < -0.4 is 5.56 Å². The highest BCUT2D eigenvalue weighted by atomic mass is 16.2. The first kappa shape index (κ1) is 15.1. The van der Waals surface area contributed by atoms with Crippen molar-refractivity contribution in [1.29, 1.82) is 0 Å². The number of aromatic nitrogens is 2. The summed E-state index contributed by atoms with van der Waals surface area (Å²) in [5, 5.41) is 4.47. The molecule has 2 aliphatic rings. The van der Waals surface area contributed by atoms with Gasteiger partial charge in [-0.15, -0.1) is 0 Å². The Morgan fingerprint density at radius 3 is 2.75 bits per heavy atom. The van der Waals surface area contributed by atoms with E-state index in [1.54, 1.807) is 13.0 Å². The lowest BCUT2D eigenvalue weighted by molar-refractivity contribution is -0.135. The number of hydrogen-bond donors (Lipinski definition) is 0. The van der Waals surface area contributed by atoms with E-state index in [9.17, 15) is 9.59 Å². The van der Waals surface area contributed by atoms with E-state index in [-0.39, 0.29) is 11.5 Å². The Morgan fingerprint density at radius 1 is 1.12 bits per heavy atom. The van der Waals surface area contributed by atoms with E-state index in [1.807, 2.05) is 17.0 Å². The monoisotopic (exact) mass is 323 g/mol. The van der Waals surface area contributed by atoms with Crippen molar-refractivity contribution in [3.05, 3.63) is 63.1 Å². The molecular formula is C19H21N3O2. The Labute approximate surface area is 140 Å². The fourth-order valence-electron chi connectivity index (χ4n) is 3.75. The van der Waals surface area contributed by atoms with E-state index in [1.165, 1.54) is 15.8 Å². The summed E-state index contributed by atoms with van der Waals surface area (Å²) < 4.78 is 1.37. The van der Waals surface area contributed by atoms with Gasteiger partial charge in [0.25, 0.3) is 5.56 Å². The molecule has 1 aliphatic heterocycles. The first-order valence-electron chi connectivity index (χ1n) is 8.60. The summed E-state index contributed by atoms with van der Waals surface area (Å²) >= 11 is 0. The Morgan fingerprint density at radius 2 is 1.92 bits per heavy atom. The molecule has 5 nitrogen and oxygen atoms in total. The predicted octanol–water partition coefficient (Wildman–Crippen LogP) is 1.88. The van der Waals surface area contributed by atoms with Crippen molar-refractivity contribution < 1.29 is 4.79 Å². The van der Waals surface area contributed by atoms with Crippen LogP contribution in [0, 0.1) is 0 Å². The average molecular weight is 323 g/mol. The quantitative estimate of drug-likeness (QED) is 0.848. The molecule has 0 fully saturated rings. The van der Waals surface area contributed by atoms with Gasteiger partial charge < -0.3 is 4.90 Å². The maximum Gasteiger partial charge on any atom is 0.267 e. The molecule has 4 rings (SSSR count). The number of nitrogens with zero attached hydrogens (tertiary/aromatic N) is 3. The van der Waals surface area contributed by atoms with Crippen LogP contribution in [0.2, 0.25) is 0 Å². The van der Waals surface area contributed by atoms with Gasteiger partial charge in [0, 0.05) is 19.2 Å². The molecule has 24 heavy (non-hydrogen) atoms. The minimum atomic E-state index is -0.561. The zero-order valence-corrected chi connectivity index (χ0v) is 13.9. The van der Waals surface area contributed by atoms with Crippen molar-refractivity contribution in [2.45, 2.75) is 45.2 Å². The van der Waals surface area contributed by atoms with Gasteiger partial charge in [-0.2, -0.15) is 5.10 Å². The fourth-order valence-corrected chi connectivity index (χ4v) is 3.75. The third-order valence-electron chi connectivity index (χ3n) is 5.15. The lowest BCUT2D eigenvalue weighted by atomic mass is 9.99. The number of hydrogen-bond acceptors (Lipinski definition) is 3. The third kappa shape index (κ3) is 2.54. The molecule has 0 saturated heterocycles. The highest BCUT2D eigenvalue weighted by molar-refractivity contribution is 5.80. The number of benzene rings is 1. The number of rotatable bonds is 2. The Balaban J connectivity index is 1.58. The molecule has 1 aromatic heterocycles. The van der Waals surface area contributed by atoms with Crippen LogP contribution in [-0.4, -0.2) is 27.1 Å². The molecule has 0 bridgehead atoms. The first-order chi connectivity index (χ1) is 11.6. The molecule has 2 aromatic rings. The average Bonchev–Trinajstić information content (AvgIpc) is 3.06. The largest absolute Gasteiger partial charge is 0.336 e. The van der Waals surface area contributed by atoms with Crippen LogP contribution in [-0.2, 0) is 30.6 Å². The van der Waals surface area contributed by atoms with Gasteiger partial charge in [0.1, 0.15) is 6.04 Å². The smallest absolute Gasteiger partial charge is 0.267 e. The molecule has 1 atom stereocenters. The van der Waals surface area contributed by atoms with Gasteiger partial charge in [-0.05, 0) is 49.3 Å². The summed E-state index contributed by atoms with van der Waals surface area (Å²) in [5.41, 5.74) is 4.34. The molecule has 0 N–H and O–H groups in total. The molecule has 0 radical (unpaired) electrons. The molecule has 0 spiro atoms.